The van der Waals surface area contributed by atoms with Crippen LogP contribution in [0.15, 0.2) is 12.1 Å². The molecule has 1 aromatic carbocycles. The Morgan fingerprint density at radius 1 is 1.31 bits per heavy atom. The van der Waals surface area contributed by atoms with E-state index < -0.39 is 11.7 Å². The van der Waals surface area contributed by atoms with E-state index in [0.717, 1.165) is 9.13 Å². The molecule has 1 amide bonds. The van der Waals surface area contributed by atoms with Crippen molar-refractivity contribution >= 4 is 40.0 Å². The van der Waals surface area contributed by atoms with Crippen LogP contribution in [0.5, 0.6) is 0 Å². The highest BCUT2D eigenvalue weighted by atomic mass is 127. The molecule has 0 radical (unpaired) electrons. The Balaban J connectivity index is 2.73. The van der Waals surface area contributed by atoms with Gasteiger partial charge in [-0.15, -0.1) is 0 Å². The second-order valence-electron chi connectivity index (χ2n) is 2.90. The van der Waals surface area contributed by atoms with Gasteiger partial charge in [0.25, 0.3) is 11.7 Å². The fourth-order valence-corrected chi connectivity index (χ4v) is 2.01. The molecule has 0 unspecified atom stereocenters. The minimum Gasteiger partial charge on any atom is -0.318 e. The summed E-state index contributed by atoms with van der Waals surface area (Å²) in [5, 5.41) is 2.52. The average molecular weight is 287 g/mol. The van der Waals surface area contributed by atoms with E-state index in [0.29, 0.717) is 11.3 Å². The maximum atomic E-state index is 11.4. The number of ketones is 1. The van der Waals surface area contributed by atoms with Crippen molar-refractivity contribution in [3.05, 3.63) is 26.8 Å². The lowest BCUT2D eigenvalue weighted by molar-refractivity contribution is -0.112. The van der Waals surface area contributed by atoms with Crippen molar-refractivity contribution in [2.24, 2.45) is 0 Å². The lowest BCUT2D eigenvalue weighted by Gasteiger charge is -2.02. The van der Waals surface area contributed by atoms with Crippen LogP contribution >= 0.6 is 22.6 Å². The highest BCUT2D eigenvalue weighted by Gasteiger charge is 2.30. The summed E-state index contributed by atoms with van der Waals surface area (Å²) in [4.78, 5) is 22.4. The predicted molar refractivity (Wildman–Crippen MR) is 56.9 cm³/mol. The Labute approximate surface area is 88.7 Å². The number of Topliss-reactive ketones (excluding diaryl/α,β-unsaturated/α-hetero) is 1. The molecule has 0 saturated carbocycles. The normalized spacial score (nSPS) is 14.3. The molecule has 2 rings (SSSR count). The van der Waals surface area contributed by atoms with Gasteiger partial charge in [-0.2, -0.15) is 0 Å². The van der Waals surface area contributed by atoms with E-state index >= 15 is 0 Å². The predicted octanol–water partition coefficient (Wildman–Crippen LogP) is 1.73. The molecule has 1 aromatic rings. The maximum Gasteiger partial charge on any atom is 0.296 e. The number of carbonyl (C=O) groups is 2. The molecule has 1 N–H and O–H groups in total. The summed E-state index contributed by atoms with van der Waals surface area (Å²) in [6.45, 7) is 1.91. The number of aryl methyl sites for hydroxylation is 1. The van der Waals surface area contributed by atoms with Crippen molar-refractivity contribution in [3.8, 4) is 0 Å². The number of hydrogen-bond donors (Lipinski definition) is 1. The van der Waals surface area contributed by atoms with Crippen LogP contribution in [0.2, 0.25) is 0 Å². The van der Waals surface area contributed by atoms with Crippen LogP contribution in [0.1, 0.15) is 15.9 Å². The lowest BCUT2D eigenvalue weighted by Crippen LogP contribution is -2.13. The monoisotopic (exact) mass is 287 g/mol. The Bertz CT molecular complexity index is 426. The second kappa shape index (κ2) is 2.80. The van der Waals surface area contributed by atoms with Gasteiger partial charge in [0.15, 0.2) is 0 Å². The molecule has 0 bridgehead atoms. The summed E-state index contributed by atoms with van der Waals surface area (Å²) in [6, 6.07) is 3.65. The van der Waals surface area contributed by atoms with Crippen molar-refractivity contribution in [2.75, 3.05) is 5.32 Å². The number of rotatable bonds is 0. The Morgan fingerprint density at radius 2 is 2.00 bits per heavy atom. The molecule has 1 heterocycles. The number of carbonyl (C=O) groups excluding carboxylic acids is 2. The number of nitrogens with one attached hydrogen (secondary N) is 1. The average Bonchev–Trinajstić information content (AvgIpc) is 2.37. The smallest absolute Gasteiger partial charge is 0.296 e. The number of amides is 1. The summed E-state index contributed by atoms with van der Waals surface area (Å²) in [5.41, 5.74) is 2.17. The van der Waals surface area contributed by atoms with Crippen LogP contribution in [0, 0.1) is 10.5 Å². The third-order valence-electron chi connectivity index (χ3n) is 2.02. The first-order chi connectivity index (χ1) is 6.11. The summed E-state index contributed by atoms with van der Waals surface area (Å²) in [5.74, 6) is -0.957. The molecule has 13 heavy (non-hydrogen) atoms. The molecule has 3 nitrogen and oxygen atoms in total. The van der Waals surface area contributed by atoms with Crippen LogP contribution < -0.4 is 5.32 Å². The highest BCUT2D eigenvalue weighted by Crippen LogP contribution is 2.29. The topological polar surface area (TPSA) is 46.2 Å². The van der Waals surface area contributed by atoms with Crippen molar-refractivity contribution < 1.29 is 9.59 Å². The van der Waals surface area contributed by atoms with E-state index in [1.807, 2.05) is 13.0 Å². The first kappa shape index (κ1) is 8.68. The summed E-state index contributed by atoms with van der Waals surface area (Å²) in [7, 11) is 0. The molecule has 0 aliphatic carbocycles. The van der Waals surface area contributed by atoms with E-state index in [1.54, 1.807) is 6.07 Å². The molecule has 0 saturated heterocycles. The standard InChI is InChI=1S/C9H6INO2/c1-4-2-3-5-6(7(4)10)8(12)9(13)11-5/h2-3H,1H3,(H,11,12,13). The van der Waals surface area contributed by atoms with Gasteiger partial charge in [0.1, 0.15) is 0 Å². The van der Waals surface area contributed by atoms with Crippen molar-refractivity contribution in [1.82, 2.24) is 0 Å². The van der Waals surface area contributed by atoms with E-state index in [4.69, 9.17) is 0 Å². The van der Waals surface area contributed by atoms with E-state index in [-0.39, 0.29) is 0 Å². The van der Waals surface area contributed by atoms with Crippen LogP contribution in [0.25, 0.3) is 0 Å². The molecule has 66 valence electrons. The summed E-state index contributed by atoms with van der Waals surface area (Å²) in [6.07, 6.45) is 0. The van der Waals surface area contributed by atoms with Gasteiger partial charge in [0.05, 0.1) is 11.3 Å². The van der Waals surface area contributed by atoms with Gasteiger partial charge >= 0.3 is 0 Å². The van der Waals surface area contributed by atoms with Gasteiger partial charge in [0, 0.05) is 3.57 Å². The van der Waals surface area contributed by atoms with Gasteiger partial charge < -0.3 is 5.32 Å². The van der Waals surface area contributed by atoms with Crippen LogP contribution in [-0.4, -0.2) is 11.7 Å². The third-order valence-corrected chi connectivity index (χ3v) is 3.41. The molecule has 0 atom stereocenters. The summed E-state index contributed by atoms with van der Waals surface area (Å²) >= 11 is 2.08. The molecule has 1 aliphatic rings. The van der Waals surface area contributed by atoms with E-state index in [1.165, 1.54) is 0 Å². The van der Waals surface area contributed by atoms with E-state index in [2.05, 4.69) is 27.9 Å². The third kappa shape index (κ3) is 1.16. The molecule has 0 spiro atoms. The van der Waals surface area contributed by atoms with Gasteiger partial charge in [-0.25, -0.2) is 0 Å². The number of anilines is 1. The van der Waals surface area contributed by atoms with Crippen molar-refractivity contribution in [3.63, 3.8) is 0 Å². The van der Waals surface area contributed by atoms with Crippen molar-refractivity contribution in [2.45, 2.75) is 6.92 Å². The highest BCUT2D eigenvalue weighted by molar-refractivity contribution is 14.1. The SMILES string of the molecule is Cc1ccc2c(c1I)C(=O)C(=O)N2. The van der Waals surface area contributed by atoms with Gasteiger partial charge in [-0.3, -0.25) is 9.59 Å². The fraction of sp³-hybridized carbons (Fsp3) is 0.111. The number of benzene rings is 1. The first-order valence-electron chi connectivity index (χ1n) is 3.76. The van der Waals surface area contributed by atoms with Crippen LogP contribution in [0.4, 0.5) is 5.69 Å². The number of halogens is 1. The molecule has 4 heteroatoms. The van der Waals surface area contributed by atoms with Crippen molar-refractivity contribution in [1.29, 1.82) is 0 Å². The van der Waals surface area contributed by atoms with Gasteiger partial charge in [0.2, 0.25) is 0 Å². The Kier molecular flexibility index (Phi) is 1.87. The minimum atomic E-state index is -0.529. The summed E-state index contributed by atoms with van der Waals surface area (Å²) < 4.78 is 0.860. The molecular weight excluding hydrogens is 281 g/mol. The zero-order chi connectivity index (χ0) is 9.59. The van der Waals surface area contributed by atoms with E-state index in [9.17, 15) is 9.59 Å². The largest absolute Gasteiger partial charge is 0.318 e. The lowest BCUT2D eigenvalue weighted by atomic mass is 10.1. The molecule has 0 aromatic heterocycles. The fourth-order valence-electron chi connectivity index (χ4n) is 1.30. The second-order valence-corrected chi connectivity index (χ2v) is 3.98. The zero-order valence-corrected chi connectivity index (χ0v) is 9.01. The quantitative estimate of drug-likeness (QED) is 0.583. The Morgan fingerprint density at radius 3 is 2.69 bits per heavy atom. The molecule has 1 aliphatic heterocycles. The number of hydrogen-bond acceptors (Lipinski definition) is 2. The van der Waals surface area contributed by atoms with Gasteiger partial charge in [-0.1, -0.05) is 6.07 Å². The number of fused-ring (bicyclic) bond motifs is 1. The molecular formula is C9H6INO2. The van der Waals surface area contributed by atoms with Gasteiger partial charge in [-0.05, 0) is 41.1 Å². The minimum absolute atomic E-state index is 0.428. The molecule has 0 fully saturated rings. The zero-order valence-electron chi connectivity index (χ0n) is 6.85. The first-order valence-corrected chi connectivity index (χ1v) is 4.84. The van der Waals surface area contributed by atoms with Crippen LogP contribution in [0.3, 0.4) is 0 Å². The van der Waals surface area contributed by atoms with Crippen LogP contribution in [-0.2, 0) is 4.79 Å². The Hall–Kier alpha value is -0.910. The maximum absolute atomic E-state index is 11.4.